The molecule has 2 amide bonds. The van der Waals surface area contributed by atoms with Gasteiger partial charge in [0.25, 0.3) is 11.8 Å². The second-order valence-electron chi connectivity index (χ2n) is 9.38. The molecule has 2 aliphatic rings. The number of ether oxygens (including phenoxy) is 3. The van der Waals surface area contributed by atoms with E-state index in [0.29, 0.717) is 28.4 Å². The number of esters is 2. The molecule has 3 rings (SSSR count). The Bertz CT molecular complexity index is 1150. The standard InChI is InChI=1S/C24H31FN4O7S2/c1-5-6-14(15-11-38-23(26)27-15)18(30)28-16-19(31)29-17(13(9-34-8-7-25)10-37-20(16)29)21(32)35-12-36-22(33)24(2,3)4/h6,11,16,20H,5,7-10,12H2,1-4H3,(H2,26,27)(H,28,30)/t16-,20-/m1/s1. The number of halogens is 1. The third-order valence-corrected chi connectivity index (χ3v) is 7.48. The number of thiazole rings is 1. The van der Waals surface area contributed by atoms with Crippen LogP contribution in [0.2, 0.25) is 0 Å². The highest BCUT2D eigenvalue weighted by atomic mass is 32.2. The molecular weight excluding hydrogens is 539 g/mol. The Labute approximate surface area is 227 Å². The maximum absolute atomic E-state index is 13.2. The van der Waals surface area contributed by atoms with Crippen LogP contribution in [-0.4, -0.2) is 77.5 Å². The second-order valence-corrected chi connectivity index (χ2v) is 11.4. The Hall–Kier alpha value is -2.97. The van der Waals surface area contributed by atoms with Crippen molar-refractivity contribution in [2.75, 3.05) is 38.2 Å². The number of allylic oxidation sites excluding steroid dienone is 1. The molecule has 0 aromatic carbocycles. The normalized spacial score (nSPS) is 19.6. The first-order valence-electron chi connectivity index (χ1n) is 11.9. The summed E-state index contributed by atoms with van der Waals surface area (Å²) in [6.07, 6.45) is 2.25. The number of nitrogens with zero attached hydrogens (tertiary/aromatic N) is 2. The Morgan fingerprint density at radius 2 is 2.05 bits per heavy atom. The highest BCUT2D eigenvalue weighted by Crippen LogP contribution is 2.41. The monoisotopic (exact) mass is 570 g/mol. The summed E-state index contributed by atoms with van der Waals surface area (Å²) in [6, 6.07) is -0.904. The van der Waals surface area contributed by atoms with E-state index in [-0.39, 0.29) is 24.7 Å². The van der Waals surface area contributed by atoms with E-state index in [1.165, 1.54) is 28.0 Å². The number of thioether (sulfide) groups is 1. The van der Waals surface area contributed by atoms with Crippen molar-refractivity contribution in [3.63, 3.8) is 0 Å². The number of aromatic nitrogens is 1. The number of nitrogens with one attached hydrogen (secondary N) is 1. The molecule has 1 aromatic heterocycles. The van der Waals surface area contributed by atoms with Crippen LogP contribution in [0.3, 0.4) is 0 Å². The summed E-state index contributed by atoms with van der Waals surface area (Å²) in [5, 5.41) is 4.13. The first kappa shape index (κ1) is 29.6. The quantitative estimate of drug-likeness (QED) is 0.133. The van der Waals surface area contributed by atoms with Crippen LogP contribution in [0.15, 0.2) is 22.7 Å². The lowest BCUT2D eigenvalue weighted by Crippen LogP contribution is -2.70. The summed E-state index contributed by atoms with van der Waals surface area (Å²) in [5.74, 6) is -2.19. The maximum Gasteiger partial charge on any atom is 0.358 e. The summed E-state index contributed by atoms with van der Waals surface area (Å²) in [7, 11) is 0. The predicted octanol–water partition coefficient (Wildman–Crippen LogP) is 2.25. The molecule has 0 bridgehead atoms. The van der Waals surface area contributed by atoms with E-state index in [9.17, 15) is 23.6 Å². The maximum atomic E-state index is 13.2. The molecule has 1 fully saturated rings. The van der Waals surface area contributed by atoms with Crippen molar-refractivity contribution in [1.82, 2.24) is 15.2 Å². The highest BCUT2D eigenvalue weighted by Gasteiger charge is 2.54. The van der Waals surface area contributed by atoms with Crippen molar-refractivity contribution in [3.05, 3.63) is 28.4 Å². The molecule has 14 heteroatoms. The van der Waals surface area contributed by atoms with Crippen molar-refractivity contribution in [2.45, 2.75) is 45.5 Å². The number of fused-ring (bicyclic) bond motifs is 1. The molecule has 1 aromatic rings. The molecule has 38 heavy (non-hydrogen) atoms. The number of anilines is 1. The van der Waals surface area contributed by atoms with E-state index in [1.54, 1.807) is 32.2 Å². The number of β-lactam (4-membered cyclic amide) rings is 1. The fourth-order valence-electron chi connectivity index (χ4n) is 3.60. The number of hydrogen-bond donors (Lipinski definition) is 2. The van der Waals surface area contributed by atoms with Crippen LogP contribution in [0.5, 0.6) is 0 Å². The van der Waals surface area contributed by atoms with Gasteiger partial charge in [-0.05, 0) is 32.8 Å². The Morgan fingerprint density at radius 3 is 2.66 bits per heavy atom. The molecule has 3 heterocycles. The van der Waals surface area contributed by atoms with Gasteiger partial charge in [0.05, 0.1) is 29.9 Å². The molecule has 0 aliphatic carbocycles. The van der Waals surface area contributed by atoms with Crippen LogP contribution < -0.4 is 11.1 Å². The molecule has 11 nitrogen and oxygen atoms in total. The zero-order chi connectivity index (χ0) is 28.0. The van der Waals surface area contributed by atoms with E-state index in [1.807, 2.05) is 6.92 Å². The van der Waals surface area contributed by atoms with Crippen LogP contribution in [0.1, 0.15) is 39.8 Å². The Morgan fingerprint density at radius 1 is 1.32 bits per heavy atom. The van der Waals surface area contributed by atoms with Crippen molar-refractivity contribution in [2.24, 2.45) is 5.41 Å². The minimum Gasteiger partial charge on any atom is -0.427 e. The zero-order valence-electron chi connectivity index (χ0n) is 21.6. The van der Waals surface area contributed by atoms with E-state index in [0.717, 1.165) is 0 Å². The van der Waals surface area contributed by atoms with Crippen molar-refractivity contribution >= 4 is 57.6 Å². The Balaban J connectivity index is 1.75. The number of hydrogen-bond acceptors (Lipinski definition) is 11. The topological polar surface area (TPSA) is 150 Å². The third-order valence-electron chi connectivity index (χ3n) is 5.47. The zero-order valence-corrected chi connectivity index (χ0v) is 23.2. The van der Waals surface area contributed by atoms with Crippen LogP contribution in [0.25, 0.3) is 5.57 Å². The summed E-state index contributed by atoms with van der Waals surface area (Å²) in [4.78, 5) is 56.6. The number of rotatable bonds is 11. The van der Waals surface area contributed by atoms with E-state index < -0.39 is 54.1 Å². The van der Waals surface area contributed by atoms with Gasteiger partial charge in [-0.1, -0.05) is 13.0 Å². The number of carbonyl (C=O) groups is 4. The number of alkyl halides is 1. The van der Waals surface area contributed by atoms with Gasteiger partial charge < -0.3 is 25.3 Å². The van der Waals surface area contributed by atoms with Gasteiger partial charge in [0.2, 0.25) is 6.79 Å². The lowest BCUT2D eigenvalue weighted by atomic mass is 9.98. The molecular formula is C24H31FN4O7S2. The minimum absolute atomic E-state index is 0.0634. The van der Waals surface area contributed by atoms with Gasteiger partial charge in [-0.3, -0.25) is 19.3 Å². The molecule has 0 unspecified atom stereocenters. The van der Waals surface area contributed by atoms with Gasteiger partial charge in [0.1, 0.15) is 23.8 Å². The van der Waals surface area contributed by atoms with Crippen LogP contribution in [0, 0.1) is 5.41 Å². The largest absolute Gasteiger partial charge is 0.427 e. The lowest BCUT2D eigenvalue weighted by Gasteiger charge is -2.49. The fraction of sp³-hybridized carbons (Fsp3) is 0.542. The van der Waals surface area contributed by atoms with Gasteiger partial charge in [-0.2, -0.15) is 0 Å². The van der Waals surface area contributed by atoms with Crippen LogP contribution >= 0.6 is 23.1 Å². The number of carbonyl (C=O) groups excluding carboxylic acids is 4. The molecule has 3 N–H and O–H groups in total. The van der Waals surface area contributed by atoms with E-state index in [4.69, 9.17) is 19.9 Å². The number of amides is 2. The lowest BCUT2D eigenvalue weighted by molar-refractivity contribution is -0.173. The molecule has 0 radical (unpaired) electrons. The van der Waals surface area contributed by atoms with Crippen LogP contribution in [0.4, 0.5) is 9.52 Å². The molecule has 208 valence electrons. The average molecular weight is 571 g/mol. The van der Waals surface area contributed by atoms with Gasteiger partial charge in [0, 0.05) is 11.1 Å². The van der Waals surface area contributed by atoms with E-state index in [2.05, 4.69) is 10.3 Å². The van der Waals surface area contributed by atoms with Gasteiger partial charge in [-0.15, -0.1) is 23.1 Å². The summed E-state index contributed by atoms with van der Waals surface area (Å²) < 4.78 is 28.0. The highest BCUT2D eigenvalue weighted by molar-refractivity contribution is 8.00. The second kappa shape index (κ2) is 12.7. The molecule has 1 saturated heterocycles. The summed E-state index contributed by atoms with van der Waals surface area (Å²) in [5.41, 5.74) is 5.98. The average Bonchev–Trinajstić information content (AvgIpc) is 3.30. The fourth-order valence-corrected chi connectivity index (χ4v) is 5.49. The summed E-state index contributed by atoms with van der Waals surface area (Å²) >= 11 is 2.52. The van der Waals surface area contributed by atoms with Gasteiger partial charge in [0.15, 0.2) is 5.13 Å². The minimum atomic E-state index is -0.904. The van der Waals surface area contributed by atoms with Gasteiger partial charge in [-0.25, -0.2) is 14.2 Å². The SMILES string of the molecule is CCC=C(C(=O)N[C@@H]1C(=O)N2C(C(=O)OCOC(=O)C(C)(C)C)=C(COCCF)CS[C@H]12)c1csc(N)n1. The van der Waals surface area contributed by atoms with Crippen molar-refractivity contribution < 1.29 is 37.8 Å². The molecule has 2 atom stereocenters. The first-order chi connectivity index (χ1) is 18.0. The third kappa shape index (κ3) is 6.72. The van der Waals surface area contributed by atoms with Crippen molar-refractivity contribution in [1.29, 1.82) is 0 Å². The number of nitrogen functional groups attached to an aromatic ring is 1. The number of nitrogens with two attached hydrogens (primary N) is 1. The van der Waals surface area contributed by atoms with Crippen molar-refractivity contribution in [3.8, 4) is 0 Å². The van der Waals surface area contributed by atoms with Crippen LogP contribution in [-0.2, 0) is 33.4 Å². The van der Waals surface area contributed by atoms with E-state index >= 15 is 0 Å². The smallest absolute Gasteiger partial charge is 0.358 e. The molecule has 2 aliphatic heterocycles. The predicted molar refractivity (Wildman–Crippen MR) is 140 cm³/mol. The molecule has 0 spiro atoms. The van der Waals surface area contributed by atoms with Gasteiger partial charge >= 0.3 is 11.9 Å². The first-order valence-corrected chi connectivity index (χ1v) is 13.8. The summed E-state index contributed by atoms with van der Waals surface area (Å²) in [6.45, 7) is 5.21. The Kier molecular flexibility index (Phi) is 9.90. The molecule has 0 saturated carbocycles.